The maximum absolute atomic E-state index is 4.44. The van der Waals surface area contributed by atoms with Crippen LogP contribution in [0.5, 0.6) is 0 Å². The van der Waals surface area contributed by atoms with Crippen molar-refractivity contribution in [2.75, 3.05) is 13.1 Å². The molecule has 1 aliphatic heterocycles. The Labute approximate surface area is 124 Å². The smallest absolute Gasteiger partial charge is 0.0313 e. The standard InChI is InChI=1S/C18H30N2/c1-5-15(4)18-10-16(11-19-12-18)13-20-8-6-17(7-9-20)14(2)3/h10-12,14-15,17H,5-9,13H2,1-4H3. The molecule has 1 unspecified atom stereocenters. The first-order valence-corrected chi connectivity index (χ1v) is 8.26. The van der Waals surface area contributed by atoms with Crippen LogP contribution in [0.1, 0.15) is 64.0 Å². The second kappa shape index (κ2) is 7.21. The molecule has 0 bridgehead atoms. The molecule has 2 heteroatoms. The summed E-state index contributed by atoms with van der Waals surface area (Å²) in [7, 11) is 0. The SMILES string of the molecule is CCC(C)c1cncc(CN2CCC(C(C)C)CC2)c1. The van der Waals surface area contributed by atoms with E-state index >= 15 is 0 Å². The summed E-state index contributed by atoms with van der Waals surface area (Å²) in [6.45, 7) is 12.8. The van der Waals surface area contributed by atoms with Gasteiger partial charge in [0.05, 0.1) is 0 Å². The molecule has 0 saturated carbocycles. The fourth-order valence-electron chi connectivity index (χ4n) is 3.14. The molecule has 0 aliphatic carbocycles. The third-order valence-corrected chi connectivity index (χ3v) is 4.98. The number of likely N-dealkylation sites (tertiary alicyclic amines) is 1. The Bertz CT molecular complexity index is 406. The Morgan fingerprint density at radius 2 is 1.90 bits per heavy atom. The van der Waals surface area contributed by atoms with Crippen LogP contribution in [0.4, 0.5) is 0 Å². The predicted octanol–water partition coefficient (Wildman–Crippen LogP) is 4.46. The highest BCUT2D eigenvalue weighted by Gasteiger charge is 2.21. The number of pyridine rings is 1. The maximum atomic E-state index is 4.44. The average Bonchev–Trinajstić information content (AvgIpc) is 2.47. The summed E-state index contributed by atoms with van der Waals surface area (Å²) >= 11 is 0. The van der Waals surface area contributed by atoms with Gasteiger partial charge in [0.1, 0.15) is 0 Å². The summed E-state index contributed by atoms with van der Waals surface area (Å²) in [5.41, 5.74) is 2.77. The minimum atomic E-state index is 0.620. The van der Waals surface area contributed by atoms with E-state index in [4.69, 9.17) is 0 Å². The molecule has 0 amide bonds. The molecule has 0 N–H and O–H groups in total. The van der Waals surface area contributed by atoms with Gasteiger partial charge in [0.2, 0.25) is 0 Å². The van der Waals surface area contributed by atoms with Gasteiger partial charge in [0.25, 0.3) is 0 Å². The third-order valence-electron chi connectivity index (χ3n) is 4.98. The topological polar surface area (TPSA) is 16.1 Å². The van der Waals surface area contributed by atoms with Crippen molar-refractivity contribution in [2.24, 2.45) is 11.8 Å². The molecule has 0 aromatic carbocycles. The van der Waals surface area contributed by atoms with Crippen molar-refractivity contribution < 1.29 is 0 Å². The highest BCUT2D eigenvalue weighted by Crippen LogP contribution is 2.25. The van der Waals surface area contributed by atoms with E-state index in [1.807, 2.05) is 12.4 Å². The van der Waals surface area contributed by atoms with Gasteiger partial charge in [-0.05, 0) is 61.2 Å². The van der Waals surface area contributed by atoms with Crippen LogP contribution in [0.25, 0.3) is 0 Å². The lowest BCUT2D eigenvalue weighted by Crippen LogP contribution is -2.34. The number of aromatic nitrogens is 1. The number of hydrogen-bond donors (Lipinski definition) is 0. The van der Waals surface area contributed by atoms with E-state index in [9.17, 15) is 0 Å². The van der Waals surface area contributed by atoms with Gasteiger partial charge in [-0.15, -0.1) is 0 Å². The van der Waals surface area contributed by atoms with Gasteiger partial charge in [0, 0.05) is 18.9 Å². The number of hydrogen-bond acceptors (Lipinski definition) is 2. The van der Waals surface area contributed by atoms with Crippen LogP contribution < -0.4 is 0 Å². The quantitative estimate of drug-likeness (QED) is 0.788. The van der Waals surface area contributed by atoms with Crippen molar-refractivity contribution >= 4 is 0 Å². The van der Waals surface area contributed by atoms with E-state index in [0.29, 0.717) is 5.92 Å². The van der Waals surface area contributed by atoms with Crippen molar-refractivity contribution in [2.45, 2.75) is 59.4 Å². The fraction of sp³-hybridized carbons (Fsp3) is 0.722. The van der Waals surface area contributed by atoms with E-state index in [0.717, 1.165) is 18.4 Å². The Morgan fingerprint density at radius 1 is 1.20 bits per heavy atom. The lowest BCUT2D eigenvalue weighted by Gasteiger charge is -2.33. The number of nitrogens with zero attached hydrogens (tertiary/aromatic N) is 2. The summed E-state index contributed by atoms with van der Waals surface area (Å²) in [6.07, 6.45) is 7.97. The number of rotatable bonds is 5. The van der Waals surface area contributed by atoms with E-state index in [2.05, 4.69) is 43.6 Å². The summed E-state index contributed by atoms with van der Waals surface area (Å²) in [5, 5.41) is 0. The van der Waals surface area contributed by atoms with Crippen LogP contribution in [-0.4, -0.2) is 23.0 Å². The Hall–Kier alpha value is -0.890. The molecule has 20 heavy (non-hydrogen) atoms. The van der Waals surface area contributed by atoms with Gasteiger partial charge in [-0.2, -0.15) is 0 Å². The number of piperidine rings is 1. The van der Waals surface area contributed by atoms with Gasteiger partial charge in [0.15, 0.2) is 0 Å². The molecule has 1 aliphatic rings. The zero-order valence-corrected chi connectivity index (χ0v) is 13.6. The van der Waals surface area contributed by atoms with Gasteiger partial charge >= 0.3 is 0 Å². The highest BCUT2D eigenvalue weighted by molar-refractivity contribution is 5.21. The normalized spacial score (nSPS) is 19.4. The molecule has 1 aromatic rings. The van der Waals surface area contributed by atoms with Crippen molar-refractivity contribution in [1.29, 1.82) is 0 Å². The van der Waals surface area contributed by atoms with E-state index in [-0.39, 0.29) is 0 Å². The van der Waals surface area contributed by atoms with Crippen molar-refractivity contribution in [3.63, 3.8) is 0 Å². The molecular formula is C18H30N2. The van der Waals surface area contributed by atoms with Crippen molar-refractivity contribution in [3.8, 4) is 0 Å². The minimum Gasteiger partial charge on any atom is -0.299 e. The average molecular weight is 274 g/mol. The summed E-state index contributed by atoms with van der Waals surface area (Å²) in [6, 6.07) is 2.36. The van der Waals surface area contributed by atoms with Gasteiger partial charge in [-0.3, -0.25) is 9.88 Å². The molecule has 0 spiro atoms. The van der Waals surface area contributed by atoms with E-state index < -0.39 is 0 Å². The van der Waals surface area contributed by atoms with Crippen LogP contribution in [0.2, 0.25) is 0 Å². The third kappa shape index (κ3) is 4.05. The summed E-state index contributed by atoms with van der Waals surface area (Å²) in [5.74, 6) is 2.39. The largest absolute Gasteiger partial charge is 0.299 e. The fourth-order valence-corrected chi connectivity index (χ4v) is 3.14. The molecule has 1 saturated heterocycles. The zero-order chi connectivity index (χ0) is 14.5. The summed E-state index contributed by atoms with van der Waals surface area (Å²) in [4.78, 5) is 7.03. The Balaban J connectivity index is 1.91. The second-order valence-electron chi connectivity index (χ2n) is 6.79. The minimum absolute atomic E-state index is 0.620. The summed E-state index contributed by atoms with van der Waals surface area (Å²) < 4.78 is 0. The lowest BCUT2D eigenvalue weighted by atomic mass is 9.86. The van der Waals surface area contributed by atoms with Crippen molar-refractivity contribution in [1.82, 2.24) is 9.88 Å². The van der Waals surface area contributed by atoms with Gasteiger partial charge in [-0.25, -0.2) is 0 Å². The van der Waals surface area contributed by atoms with Gasteiger partial charge in [-0.1, -0.05) is 33.8 Å². The van der Waals surface area contributed by atoms with Crippen LogP contribution in [-0.2, 0) is 6.54 Å². The van der Waals surface area contributed by atoms with Gasteiger partial charge < -0.3 is 0 Å². The first kappa shape index (κ1) is 15.5. The van der Waals surface area contributed by atoms with E-state index in [1.54, 1.807) is 0 Å². The maximum Gasteiger partial charge on any atom is 0.0313 e. The molecule has 0 radical (unpaired) electrons. The molecule has 2 nitrogen and oxygen atoms in total. The predicted molar refractivity (Wildman–Crippen MR) is 85.8 cm³/mol. The monoisotopic (exact) mass is 274 g/mol. The molecule has 112 valence electrons. The molecule has 1 atom stereocenters. The lowest BCUT2D eigenvalue weighted by molar-refractivity contribution is 0.152. The molecule has 2 heterocycles. The first-order valence-electron chi connectivity index (χ1n) is 8.26. The Kier molecular flexibility index (Phi) is 5.59. The van der Waals surface area contributed by atoms with Crippen LogP contribution in [0, 0.1) is 11.8 Å². The van der Waals surface area contributed by atoms with Crippen LogP contribution >= 0.6 is 0 Å². The zero-order valence-electron chi connectivity index (χ0n) is 13.6. The van der Waals surface area contributed by atoms with Crippen LogP contribution in [0.15, 0.2) is 18.5 Å². The molecule has 1 aromatic heterocycles. The van der Waals surface area contributed by atoms with Crippen LogP contribution in [0.3, 0.4) is 0 Å². The molecule has 1 fully saturated rings. The molecular weight excluding hydrogens is 244 g/mol. The Morgan fingerprint density at radius 3 is 2.50 bits per heavy atom. The first-order chi connectivity index (χ1) is 9.60. The highest BCUT2D eigenvalue weighted by atomic mass is 15.1. The second-order valence-corrected chi connectivity index (χ2v) is 6.79. The van der Waals surface area contributed by atoms with Crippen molar-refractivity contribution in [3.05, 3.63) is 29.6 Å². The van der Waals surface area contributed by atoms with E-state index in [1.165, 1.54) is 43.5 Å². The molecule has 2 rings (SSSR count).